The molecule has 0 saturated carbocycles. The van der Waals surface area contributed by atoms with Gasteiger partial charge in [0.1, 0.15) is 12.4 Å². The first-order chi connectivity index (χ1) is 8.70. The van der Waals surface area contributed by atoms with Crippen LogP contribution >= 0.6 is 0 Å². The quantitative estimate of drug-likeness (QED) is 0.882. The minimum absolute atomic E-state index is 0.506. The second-order valence-electron chi connectivity index (χ2n) is 3.97. The summed E-state index contributed by atoms with van der Waals surface area (Å²) in [4.78, 5) is 4.40. The maximum atomic E-state index is 5.41. The highest BCUT2D eigenvalue weighted by atomic mass is 16.5. The Balaban J connectivity index is 2.20. The Morgan fingerprint density at radius 3 is 2.39 bits per heavy atom. The summed E-state index contributed by atoms with van der Waals surface area (Å²) in [5, 5.41) is 8.15. The monoisotopic (exact) mass is 244 g/mol. The number of hydrogen-bond acceptors (Lipinski definition) is 5. The number of ether oxygens (including phenoxy) is 1. The first-order valence-corrected chi connectivity index (χ1v) is 5.82. The predicted octanol–water partition coefficient (Wildman–Crippen LogP) is 1.49. The van der Waals surface area contributed by atoms with Crippen LogP contribution in [0.5, 0.6) is 5.75 Å². The topological polar surface area (TPSA) is 73.9 Å². The van der Waals surface area contributed by atoms with Gasteiger partial charge in [-0.25, -0.2) is 4.98 Å². The average molecular weight is 244 g/mol. The van der Waals surface area contributed by atoms with E-state index in [2.05, 4.69) is 15.2 Å². The van der Waals surface area contributed by atoms with Crippen molar-refractivity contribution >= 4 is 0 Å². The zero-order valence-electron chi connectivity index (χ0n) is 10.6. The number of benzene rings is 1. The molecule has 2 aromatic rings. The smallest absolute Gasteiger partial charge is 0.181 e. The number of aryl methyl sites for hydroxylation is 2. The standard InChI is InChI=1S/C13H16N4O/c1-9-10(2)16-17-13(15-9)11-3-5-12(6-4-11)18-8-7-14/h3-6H,7-8,14H2,1-2H3. The van der Waals surface area contributed by atoms with Gasteiger partial charge in [-0.15, -0.1) is 5.10 Å². The molecule has 0 amide bonds. The van der Waals surface area contributed by atoms with Gasteiger partial charge in [-0.05, 0) is 38.1 Å². The molecular formula is C13H16N4O. The Labute approximate surface area is 106 Å². The minimum atomic E-state index is 0.506. The zero-order chi connectivity index (χ0) is 13.0. The Bertz CT molecular complexity index is 525. The molecule has 18 heavy (non-hydrogen) atoms. The number of nitrogens with zero attached hydrogens (tertiary/aromatic N) is 3. The van der Waals surface area contributed by atoms with E-state index in [4.69, 9.17) is 10.5 Å². The predicted molar refractivity (Wildman–Crippen MR) is 69.3 cm³/mol. The number of aromatic nitrogens is 3. The fourth-order valence-electron chi connectivity index (χ4n) is 1.46. The number of nitrogens with two attached hydrogens (primary N) is 1. The Morgan fingerprint density at radius 1 is 1.06 bits per heavy atom. The van der Waals surface area contributed by atoms with Crippen molar-refractivity contribution in [1.82, 2.24) is 15.2 Å². The summed E-state index contributed by atoms with van der Waals surface area (Å²) in [6, 6.07) is 7.59. The van der Waals surface area contributed by atoms with Crippen molar-refractivity contribution in [3.8, 4) is 17.1 Å². The van der Waals surface area contributed by atoms with Gasteiger partial charge in [0.25, 0.3) is 0 Å². The van der Waals surface area contributed by atoms with Gasteiger partial charge in [0.15, 0.2) is 5.82 Å². The molecule has 0 unspecified atom stereocenters. The Morgan fingerprint density at radius 2 is 1.78 bits per heavy atom. The van der Waals surface area contributed by atoms with Crippen LogP contribution in [0, 0.1) is 13.8 Å². The van der Waals surface area contributed by atoms with Crippen LogP contribution < -0.4 is 10.5 Å². The van der Waals surface area contributed by atoms with Crippen LogP contribution in [0.4, 0.5) is 0 Å². The molecule has 0 fully saturated rings. The van der Waals surface area contributed by atoms with E-state index in [1.165, 1.54) is 0 Å². The van der Waals surface area contributed by atoms with Gasteiger partial charge in [-0.2, -0.15) is 5.10 Å². The molecule has 1 heterocycles. The Kier molecular flexibility index (Phi) is 3.84. The lowest BCUT2D eigenvalue weighted by Gasteiger charge is -2.05. The van der Waals surface area contributed by atoms with E-state index < -0.39 is 0 Å². The molecule has 0 bridgehead atoms. The molecule has 0 spiro atoms. The van der Waals surface area contributed by atoms with Gasteiger partial charge in [0.05, 0.1) is 11.4 Å². The summed E-state index contributed by atoms with van der Waals surface area (Å²) in [5.74, 6) is 1.42. The van der Waals surface area contributed by atoms with Crippen LogP contribution in [0.1, 0.15) is 11.4 Å². The van der Waals surface area contributed by atoms with E-state index in [0.717, 1.165) is 22.7 Å². The lowest BCUT2D eigenvalue weighted by Crippen LogP contribution is -2.10. The third kappa shape index (κ3) is 2.81. The number of hydrogen-bond donors (Lipinski definition) is 1. The van der Waals surface area contributed by atoms with Gasteiger partial charge >= 0.3 is 0 Å². The molecular weight excluding hydrogens is 228 g/mol. The highest BCUT2D eigenvalue weighted by molar-refractivity contribution is 5.55. The van der Waals surface area contributed by atoms with E-state index >= 15 is 0 Å². The zero-order valence-corrected chi connectivity index (χ0v) is 10.6. The van der Waals surface area contributed by atoms with E-state index in [1.54, 1.807) is 0 Å². The van der Waals surface area contributed by atoms with E-state index in [0.29, 0.717) is 19.0 Å². The van der Waals surface area contributed by atoms with Crippen molar-refractivity contribution in [3.63, 3.8) is 0 Å². The minimum Gasteiger partial charge on any atom is -0.492 e. The van der Waals surface area contributed by atoms with Crippen LogP contribution in [-0.2, 0) is 0 Å². The van der Waals surface area contributed by atoms with Crippen molar-refractivity contribution in [2.24, 2.45) is 5.73 Å². The van der Waals surface area contributed by atoms with Gasteiger partial charge in [0, 0.05) is 12.1 Å². The summed E-state index contributed by atoms with van der Waals surface area (Å²) < 4.78 is 5.41. The summed E-state index contributed by atoms with van der Waals surface area (Å²) in [6.45, 7) is 4.84. The van der Waals surface area contributed by atoms with Gasteiger partial charge < -0.3 is 10.5 Å². The maximum Gasteiger partial charge on any atom is 0.181 e. The first kappa shape index (κ1) is 12.4. The van der Waals surface area contributed by atoms with Gasteiger partial charge in [-0.3, -0.25) is 0 Å². The molecule has 1 aromatic carbocycles. The van der Waals surface area contributed by atoms with Crippen molar-refractivity contribution < 1.29 is 4.74 Å². The van der Waals surface area contributed by atoms with Gasteiger partial charge in [0.2, 0.25) is 0 Å². The van der Waals surface area contributed by atoms with Crippen molar-refractivity contribution in [2.45, 2.75) is 13.8 Å². The molecule has 0 radical (unpaired) electrons. The normalized spacial score (nSPS) is 10.4. The molecule has 5 heteroatoms. The van der Waals surface area contributed by atoms with Gasteiger partial charge in [-0.1, -0.05) is 0 Å². The highest BCUT2D eigenvalue weighted by Gasteiger charge is 2.04. The fraction of sp³-hybridized carbons (Fsp3) is 0.308. The molecule has 2 rings (SSSR count). The third-order valence-corrected chi connectivity index (χ3v) is 2.59. The molecule has 0 aliphatic rings. The van der Waals surface area contributed by atoms with Crippen LogP contribution in [0.15, 0.2) is 24.3 Å². The summed E-state index contributed by atoms with van der Waals surface area (Å²) in [7, 11) is 0. The molecule has 0 saturated heterocycles. The van der Waals surface area contributed by atoms with E-state index in [1.807, 2.05) is 38.1 Å². The molecule has 94 valence electrons. The van der Waals surface area contributed by atoms with Crippen molar-refractivity contribution in [2.75, 3.05) is 13.2 Å². The largest absolute Gasteiger partial charge is 0.492 e. The second-order valence-corrected chi connectivity index (χ2v) is 3.97. The molecule has 0 aliphatic heterocycles. The maximum absolute atomic E-state index is 5.41. The molecule has 0 aliphatic carbocycles. The summed E-state index contributed by atoms with van der Waals surface area (Å²) in [6.07, 6.45) is 0. The first-order valence-electron chi connectivity index (χ1n) is 5.82. The van der Waals surface area contributed by atoms with E-state index in [-0.39, 0.29) is 0 Å². The lowest BCUT2D eigenvalue weighted by atomic mass is 10.2. The van der Waals surface area contributed by atoms with Crippen LogP contribution in [-0.4, -0.2) is 28.3 Å². The van der Waals surface area contributed by atoms with E-state index in [9.17, 15) is 0 Å². The molecule has 2 N–H and O–H groups in total. The highest BCUT2D eigenvalue weighted by Crippen LogP contribution is 2.19. The summed E-state index contributed by atoms with van der Waals surface area (Å²) >= 11 is 0. The average Bonchev–Trinajstić information content (AvgIpc) is 2.40. The summed E-state index contributed by atoms with van der Waals surface area (Å²) in [5.41, 5.74) is 8.04. The Hall–Kier alpha value is -2.01. The van der Waals surface area contributed by atoms with Crippen LogP contribution in [0.25, 0.3) is 11.4 Å². The van der Waals surface area contributed by atoms with Crippen molar-refractivity contribution in [1.29, 1.82) is 0 Å². The van der Waals surface area contributed by atoms with Crippen LogP contribution in [0.3, 0.4) is 0 Å². The fourth-order valence-corrected chi connectivity index (χ4v) is 1.46. The van der Waals surface area contributed by atoms with Crippen LogP contribution in [0.2, 0.25) is 0 Å². The molecule has 1 aromatic heterocycles. The molecule has 0 atom stereocenters. The molecule has 5 nitrogen and oxygen atoms in total. The third-order valence-electron chi connectivity index (χ3n) is 2.59. The second kappa shape index (κ2) is 5.55. The SMILES string of the molecule is Cc1nnc(-c2ccc(OCCN)cc2)nc1C. The lowest BCUT2D eigenvalue weighted by molar-refractivity contribution is 0.328. The van der Waals surface area contributed by atoms with Crippen molar-refractivity contribution in [3.05, 3.63) is 35.7 Å². The number of rotatable bonds is 4.